The van der Waals surface area contributed by atoms with Crippen LogP contribution in [0.4, 0.5) is 18.9 Å². The van der Waals surface area contributed by atoms with Crippen LogP contribution in [0.1, 0.15) is 45.5 Å². The van der Waals surface area contributed by atoms with E-state index in [-0.39, 0.29) is 18.2 Å². The third-order valence-electron chi connectivity index (χ3n) is 6.82. The lowest BCUT2D eigenvalue weighted by Crippen LogP contribution is -2.43. The van der Waals surface area contributed by atoms with Gasteiger partial charge in [0.1, 0.15) is 0 Å². The number of nitrogens with zero attached hydrogens (tertiary/aromatic N) is 3. The molecule has 2 aromatic rings. The Bertz CT molecular complexity index is 1130. The summed E-state index contributed by atoms with van der Waals surface area (Å²) < 4.78 is 40.9. The third kappa shape index (κ3) is 6.43. The van der Waals surface area contributed by atoms with Gasteiger partial charge < -0.3 is 16.0 Å². The van der Waals surface area contributed by atoms with Gasteiger partial charge in [0.15, 0.2) is 0 Å². The maximum Gasteiger partial charge on any atom is 0.416 e. The molecule has 0 unspecified atom stereocenters. The zero-order valence-corrected chi connectivity index (χ0v) is 20.6. The monoisotopic (exact) mass is 503 g/mol. The summed E-state index contributed by atoms with van der Waals surface area (Å²) in [7, 11) is 2.02. The van der Waals surface area contributed by atoms with Crippen molar-refractivity contribution in [1.82, 2.24) is 14.7 Å². The van der Waals surface area contributed by atoms with Crippen molar-refractivity contribution >= 4 is 17.5 Å². The maximum atomic E-state index is 13.6. The van der Waals surface area contributed by atoms with E-state index in [1.807, 2.05) is 24.9 Å². The molecule has 3 N–H and O–H groups in total. The summed E-state index contributed by atoms with van der Waals surface area (Å²) in [6.07, 6.45) is -4.52. The zero-order chi connectivity index (χ0) is 26.0. The number of anilines is 1. The van der Waals surface area contributed by atoms with E-state index in [1.165, 1.54) is 0 Å². The van der Waals surface area contributed by atoms with Gasteiger partial charge in [0.05, 0.1) is 12.1 Å². The molecule has 0 spiro atoms. The second kappa shape index (κ2) is 10.6. The molecule has 1 saturated heterocycles. The van der Waals surface area contributed by atoms with E-state index < -0.39 is 23.6 Å². The Hall–Kier alpha value is -2.95. The lowest BCUT2D eigenvalue weighted by Gasteiger charge is -2.32. The van der Waals surface area contributed by atoms with Crippen LogP contribution in [0.5, 0.6) is 0 Å². The predicted octanol–water partition coefficient (Wildman–Crippen LogP) is 3.11. The van der Waals surface area contributed by atoms with Crippen molar-refractivity contribution in [3.05, 3.63) is 64.2 Å². The summed E-state index contributed by atoms with van der Waals surface area (Å²) in [5.41, 5.74) is 7.51. The van der Waals surface area contributed by atoms with Crippen molar-refractivity contribution in [3.8, 4) is 0 Å². The number of amides is 2. The number of hydrogen-bond acceptors (Lipinski definition) is 5. The van der Waals surface area contributed by atoms with E-state index in [9.17, 15) is 22.8 Å². The van der Waals surface area contributed by atoms with E-state index in [1.54, 1.807) is 18.2 Å². The molecule has 36 heavy (non-hydrogen) atoms. The second-order valence-corrected chi connectivity index (χ2v) is 9.90. The molecule has 10 heteroatoms. The van der Waals surface area contributed by atoms with Crippen LogP contribution in [-0.2, 0) is 24.1 Å². The van der Waals surface area contributed by atoms with Crippen molar-refractivity contribution in [2.45, 2.75) is 32.1 Å². The van der Waals surface area contributed by atoms with Crippen LogP contribution >= 0.6 is 0 Å². The van der Waals surface area contributed by atoms with Gasteiger partial charge >= 0.3 is 6.18 Å². The van der Waals surface area contributed by atoms with E-state index in [0.717, 1.165) is 49.4 Å². The number of piperazine rings is 1. The average Bonchev–Trinajstić information content (AvgIpc) is 2.79. The number of carbonyl (C=O) groups excluding carboxylic acids is 2. The molecule has 0 radical (unpaired) electrons. The van der Waals surface area contributed by atoms with Gasteiger partial charge in [-0.2, -0.15) is 13.2 Å². The molecular weight excluding hydrogens is 471 g/mol. The molecule has 4 rings (SSSR count). The van der Waals surface area contributed by atoms with Gasteiger partial charge in [-0.3, -0.25) is 19.4 Å². The number of nitrogens with one attached hydrogen (secondary N) is 1. The number of hydrogen-bond donors (Lipinski definition) is 2. The Labute approximate surface area is 209 Å². The number of fused-ring (bicyclic) bond motifs is 1. The standard InChI is InChI=1S/C26H32F3N5O2/c1-17-13-34(16-24(30)35)15-20-11-19(3-4-23(17)20)25(36)31-22-10-18(9-21(12-22)26(27,28)29)14-33-7-5-32(2)6-8-33/h3-4,9-12,17H,5-8,13-16H2,1-2H3,(H2,30,35)(H,31,36)/t17-/m0/s1. The quantitative estimate of drug-likeness (QED) is 0.633. The molecule has 0 aliphatic carbocycles. The molecule has 7 nitrogen and oxygen atoms in total. The van der Waals surface area contributed by atoms with Gasteiger partial charge in [-0.05, 0) is 60.0 Å². The van der Waals surface area contributed by atoms with Gasteiger partial charge in [0.25, 0.3) is 5.91 Å². The minimum absolute atomic E-state index is 0.111. The molecule has 0 bridgehead atoms. The number of rotatable bonds is 6. The molecular formula is C26H32F3N5O2. The maximum absolute atomic E-state index is 13.6. The van der Waals surface area contributed by atoms with Crippen LogP contribution in [-0.4, -0.2) is 72.8 Å². The summed E-state index contributed by atoms with van der Waals surface area (Å²) in [6, 6.07) is 9.05. The van der Waals surface area contributed by atoms with Crippen molar-refractivity contribution < 1.29 is 22.8 Å². The van der Waals surface area contributed by atoms with Gasteiger partial charge in [-0.1, -0.05) is 13.0 Å². The zero-order valence-electron chi connectivity index (χ0n) is 20.6. The number of nitrogens with two attached hydrogens (primary N) is 1. The highest BCUT2D eigenvalue weighted by molar-refractivity contribution is 6.04. The van der Waals surface area contributed by atoms with E-state index in [2.05, 4.69) is 15.1 Å². The normalized spacial score (nSPS) is 19.6. The third-order valence-corrected chi connectivity index (χ3v) is 6.82. The number of halogens is 3. The van der Waals surface area contributed by atoms with E-state index >= 15 is 0 Å². The topological polar surface area (TPSA) is 81.9 Å². The molecule has 2 aromatic carbocycles. The summed E-state index contributed by atoms with van der Waals surface area (Å²) in [5, 5.41) is 2.66. The fourth-order valence-corrected chi connectivity index (χ4v) is 4.98. The number of alkyl halides is 3. The predicted molar refractivity (Wildman–Crippen MR) is 131 cm³/mol. The highest BCUT2D eigenvalue weighted by atomic mass is 19.4. The highest BCUT2D eigenvalue weighted by Crippen LogP contribution is 2.33. The summed E-state index contributed by atoms with van der Waals surface area (Å²) in [5.74, 6) is -0.746. The first-order valence-corrected chi connectivity index (χ1v) is 12.0. The minimum Gasteiger partial charge on any atom is -0.369 e. The van der Waals surface area contributed by atoms with Gasteiger partial charge in [0.2, 0.25) is 5.91 Å². The fourth-order valence-electron chi connectivity index (χ4n) is 4.98. The molecule has 1 fully saturated rings. The number of carbonyl (C=O) groups is 2. The average molecular weight is 504 g/mol. The molecule has 2 aliphatic rings. The van der Waals surface area contributed by atoms with Crippen LogP contribution in [0.15, 0.2) is 36.4 Å². The molecule has 0 aromatic heterocycles. The molecule has 0 saturated carbocycles. The Morgan fingerprint density at radius 1 is 1.06 bits per heavy atom. The van der Waals surface area contributed by atoms with Gasteiger partial charge in [0, 0.05) is 57.1 Å². The fraction of sp³-hybridized carbons (Fsp3) is 0.462. The largest absolute Gasteiger partial charge is 0.416 e. The first kappa shape index (κ1) is 26.1. The van der Waals surface area contributed by atoms with E-state index in [0.29, 0.717) is 30.8 Å². The first-order valence-electron chi connectivity index (χ1n) is 12.0. The van der Waals surface area contributed by atoms with Crippen molar-refractivity contribution in [2.24, 2.45) is 5.73 Å². The van der Waals surface area contributed by atoms with Crippen LogP contribution in [0.2, 0.25) is 0 Å². The minimum atomic E-state index is -4.52. The smallest absolute Gasteiger partial charge is 0.369 e. The first-order chi connectivity index (χ1) is 17.0. The SMILES string of the molecule is C[C@H]1CN(CC(N)=O)Cc2cc(C(=O)Nc3cc(CN4CCN(C)CC4)cc(C(F)(F)F)c3)ccc21. The van der Waals surface area contributed by atoms with Gasteiger partial charge in [-0.25, -0.2) is 0 Å². The Balaban J connectivity index is 1.54. The van der Waals surface area contributed by atoms with Crippen LogP contribution < -0.4 is 11.1 Å². The van der Waals surface area contributed by atoms with Crippen molar-refractivity contribution in [2.75, 3.05) is 51.6 Å². The molecule has 2 heterocycles. The molecule has 194 valence electrons. The van der Waals surface area contributed by atoms with Crippen LogP contribution in [0, 0.1) is 0 Å². The summed E-state index contributed by atoms with van der Waals surface area (Å²) in [4.78, 5) is 30.6. The molecule has 2 aliphatic heterocycles. The summed E-state index contributed by atoms with van der Waals surface area (Å²) in [6.45, 7) is 6.96. The van der Waals surface area contributed by atoms with Crippen LogP contribution in [0.25, 0.3) is 0 Å². The highest BCUT2D eigenvalue weighted by Gasteiger charge is 2.32. The van der Waals surface area contributed by atoms with Crippen LogP contribution in [0.3, 0.4) is 0 Å². The second-order valence-electron chi connectivity index (χ2n) is 9.90. The van der Waals surface area contributed by atoms with Crippen molar-refractivity contribution in [3.63, 3.8) is 0 Å². The van der Waals surface area contributed by atoms with E-state index in [4.69, 9.17) is 5.73 Å². The number of benzene rings is 2. The Kier molecular flexibility index (Phi) is 7.67. The molecule has 1 atom stereocenters. The Morgan fingerprint density at radius 2 is 1.78 bits per heavy atom. The number of likely N-dealkylation sites (N-methyl/N-ethyl adjacent to an activating group) is 1. The number of primary amides is 1. The van der Waals surface area contributed by atoms with Crippen molar-refractivity contribution in [1.29, 1.82) is 0 Å². The van der Waals surface area contributed by atoms with Gasteiger partial charge in [-0.15, -0.1) is 0 Å². The summed E-state index contributed by atoms with van der Waals surface area (Å²) >= 11 is 0. The lowest BCUT2D eigenvalue weighted by atomic mass is 9.89. The molecule has 2 amide bonds. The lowest BCUT2D eigenvalue weighted by molar-refractivity contribution is -0.137. The Morgan fingerprint density at radius 3 is 2.44 bits per heavy atom.